The van der Waals surface area contributed by atoms with Crippen LogP contribution >= 0.6 is 10.7 Å². The Morgan fingerprint density at radius 1 is 1.47 bits per heavy atom. The molecule has 0 N–H and O–H groups in total. The highest BCUT2D eigenvalue weighted by molar-refractivity contribution is 8.12. The average Bonchev–Trinajstić information content (AvgIpc) is 2.25. The van der Waals surface area contributed by atoms with E-state index in [1.807, 2.05) is 0 Å². The highest BCUT2D eigenvalue weighted by atomic mass is 35.7. The Kier molecular flexibility index (Phi) is 3.22. The molecule has 1 heterocycles. The summed E-state index contributed by atoms with van der Waals surface area (Å²) in [7, 11) is 2.35. The summed E-state index contributed by atoms with van der Waals surface area (Å²) >= 11 is 0. The fourth-order valence-electron chi connectivity index (χ4n) is 2.21. The van der Waals surface area contributed by atoms with Crippen molar-refractivity contribution in [3.8, 4) is 5.75 Å². The van der Waals surface area contributed by atoms with E-state index >= 15 is 0 Å². The van der Waals surface area contributed by atoms with Gasteiger partial charge in [0, 0.05) is 10.7 Å². The van der Waals surface area contributed by atoms with Crippen LogP contribution < -0.4 is 4.74 Å². The molecule has 1 amide bonds. The molecule has 0 radical (unpaired) electrons. The van der Waals surface area contributed by atoms with Crippen molar-refractivity contribution in [2.75, 3.05) is 7.11 Å². The molecule has 2 rings (SSSR count). The van der Waals surface area contributed by atoms with Gasteiger partial charge in [-0.1, -0.05) is 6.07 Å². The number of methoxy groups -OCH3 is 1. The summed E-state index contributed by atoms with van der Waals surface area (Å²) < 4.78 is 41.7. The highest BCUT2D eigenvalue weighted by Crippen LogP contribution is 2.44. The summed E-state index contributed by atoms with van der Waals surface area (Å²) in [5.41, 5.74) is -0.820. The molecule has 0 spiro atoms. The van der Waals surface area contributed by atoms with E-state index in [2.05, 4.69) is 0 Å². The van der Waals surface area contributed by atoms with Gasteiger partial charge in [-0.15, -0.1) is 0 Å². The largest absolute Gasteiger partial charge is 0.494 e. The summed E-state index contributed by atoms with van der Waals surface area (Å²) in [6.45, 7) is 1.51. The standard InChI is InChI=1S/C11H11ClFNO4S/c1-11(6-10(15)14(11)19(12,16)17)7-3-4-9(18-2)8(13)5-7/h3-5H,6H2,1-2H3. The predicted octanol–water partition coefficient (Wildman–Crippen LogP) is 1.77. The molecule has 5 nitrogen and oxygen atoms in total. The molecule has 1 atom stereocenters. The Hall–Kier alpha value is -1.34. The molecule has 0 aliphatic carbocycles. The number of nitrogens with zero attached hydrogens (tertiary/aromatic N) is 1. The Morgan fingerprint density at radius 2 is 2.11 bits per heavy atom. The molecule has 1 aliphatic rings. The van der Waals surface area contributed by atoms with E-state index in [-0.39, 0.29) is 12.2 Å². The number of carbonyl (C=O) groups is 1. The van der Waals surface area contributed by atoms with Crippen LogP contribution in [0.15, 0.2) is 18.2 Å². The number of halogens is 2. The number of rotatable bonds is 3. The Labute approximate surface area is 114 Å². The van der Waals surface area contributed by atoms with Crippen LogP contribution in [-0.4, -0.2) is 25.7 Å². The van der Waals surface area contributed by atoms with Gasteiger partial charge in [0.15, 0.2) is 11.6 Å². The smallest absolute Gasteiger partial charge is 0.324 e. The zero-order valence-electron chi connectivity index (χ0n) is 10.2. The third-order valence-corrected chi connectivity index (χ3v) is 4.62. The van der Waals surface area contributed by atoms with E-state index in [9.17, 15) is 17.6 Å². The second kappa shape index (κ2) is 4.35. The van der Waals surface area contributed by atoms with Crippen LogP contribution in [0.5, 0.6) is 5.75 Å². The van der Waals surface area contributed by atoms with Crippen LogP contribution in [-0.2, 0) is 19.6 Å². The molecule has 1 saturated heterocycles. The van der Waals surface area contributed by atoms with Crippen molar-refractivity contribution < 1.29 is 22.3 Å². The van der Waals surface area contributed by atoms with Gasteiger partial charge in [0.25, 0.3) is 0 Å². The number of β-lactam (4-membered cyclic amide) rings is 1. The average molecular weight is 308 g/mol. The number of amides is 1. The number of ether oxygens (including phenoxy) is 1. The van der Waals surface area contributed by atoms with Crippen molar-refractivity contribution in [1.29, 1.82) is 0 Å². The summed E-state index contributed by atoms with van der Waals surface area (Å²) in [4.78, 5) is 11.4. The fourth-order valence-corrected chi connectivity index (χ4v) is 3.85. The van der Waals surface area contributed by atoms with E-state index < -0.39 is 26.5 Å². The summed E-state index contributed by atoms with van der Waals surface area (Å²) in [6, 6.07) is 4.02. The van der Waals surface area contributed by atoms with E-state index in [0.29, 0.717) is 9.87 Å². The number of benzene rings is 1. The van der Waals surface area contributed by atoms with Crippen molar-refractivity contribution in [1.82, 2.24) is 4.31 Å². The Morgan fingerprint density at radius 3 is 2.53 bits per heavy atom. The topological polar surface area (TPSA) is 63.7 Å². The van der Waals surface area contributed by atoms with E-state index in [0.717, 1.165) is 6.07 Å². The van der Waals surface area contributed by atoms with Crippen molar-refractivity contribution in [3.63, 3.8) is 0 Å². The lowest BCUT2D eigenvalue weighted by atomic mass is 9.82. The third-order valence-electron chi connectivity index (χ3n) is 3.16. The van der Waals surface area contributed by atoms with Gasteiger partial charge < -0.3 is 4.74 Å². The van der Waals surface area contributed by atoms with Crippen LogP contribution in [0.1, 0.15) is 18.9 Å². The first-order valence-corrected chi connectivity index (χ1v) is 7.58. The van der Waals surface area contributed by atoms with Crippen LogP contribution in [0.3, 0.4) is 0 Å². The summed E-state index contributed by atoms with van der Waals surface area (Å²) in [5, 5.41) is 0. The normalized spacial score (nSPS) is 23.2. The zero-order valence-corrected chi connectivity index (χ0v) is 11.8. The van der Waals surface area contributed by atoms with Gasteiger partial charge in [0.05, 0.1) is 19.1 Å². The van der Waals surface area contributed by atoms with Gasteiger partial charge in [-0.2, -0.15) is 8.42 Å². The fraction of sp³-hybridized carbons (Fsp3) is 0.364. The minimum Gasteiger partial charge on any atom is -0.494 e. The van der Waals surface area contributed by atoms with Gasteiger partial charge in [0.1, 0.15) is 0 Å². The maximum Gasteiger partial charge on any atom is 0.324 e. The lowest BCUT2D eigenvalue weighted by Gasteiger charge is -2.47. The second-order valence-electron chi connectivity index (χ2n) is 4.40. The highest BCUT2D eigenvalue weighted by Gasteiger charge is 2.54. The number of hydrogen-bond acceptors (Lipinski definition) is 4. The second-order valence-corrected chi connectivity index (χ2v) is 6.76. The maximum absolute atomic E-state index is 13.7. The molecule has 0 saturated carbocycles. The SMILES string of the molecule is COc1ccc(C2(C)CC(=O)N2S(=O)(=O)Cl)cc1F. The molecule has 1 aromatic rings. The first-order valence-electron chi connectivity index (χ1n) is 5.32. The minimum absolute atomic E-state index is 0.0401. The van der Waals surface area contributed by atoms with Gasteiger partial charge >= 0.3 is 9.24 Å². The molecule has 8 heteroatoms. The molecular weight excluding hydrogens is 297 g/mol. The van der Waals surface area contributed by atoms with E-state index in [4.69, 9.17) is 15.4 Å². The van der Waals surface area contributed by atoms with Crippen LogP contribution in [0.25, 0.3) is 0 Å². The van der Waals surface area contributed by atoms with Crippen molar-refractivity contribution in [2.24, 2.45) is 0 Å². The molecule has 1 aliphatic heterocycles. The van der Waals surface area contributed by atoms with Crippen molar-refractivity contribution in [3.05, 3.63) is 29.6 Å². The first-order chi connectivity index (χ1) is 8.70. The first kappa shape index (κ1) is 14.1. The van der Waals surface area contributed by atoms with Crippen LogP contribution in [0.2, 0.25) is 0 Å². The minimum atomic E-state index is -4.20. The quantitative estimate of drug-likeness (QED) is 0.630. The van der Waals surface area contributed by atoms with E-state index in [1.54, 1.807) is 0 Å². The van der Waals surface area contributed by atoms with Gasteiger partial charge in [-0.05, 0) is 24.6 Å². The van der Waals surface area contributed by atoms with Crippen molar-refractivity contribution >= 4 is 25.8 Å². The molecule has 104 valence electrons. The third kappa shape index (κ3) is 2.17. The predicted molar refractivity (Wildman–Crippen MR) is 66.5 cm³/mol. The zero-order chi connectivity index (χ0) is 14.4. The lowest BCUT2D eigenvalue weighted by Crippen LogP contribution is -2.60. The molecule has 1 aromatic carbocycles. The van der Waals surface area contributed by atoms with Crippen LogP contribution in [0, 0.1) is 5.82 Å². The van der Waals surface area contributed by atoms with Crippen molar-refractivity contribution in [2.45, 2.75) is 18.9 Å². The van der Waals surface area contributed by atoms with Gasteiger partial charge in [-0.3, -0.25) is 4.79 Å². The monoisotopic (exact) mass is 307 g/mol. The molecular formula is C11H11ClFNO4S. The maximum atomic E-state index is 13.7. The lowest BCUT2D eigenvalue weighted by molar-refractivity contribution is -0.144. The molecule has 1 unspecified atom stereocenters. The Balaban J connectivity index is 2.47. The summed E-state index contributed by atoms with van der Waals surface area (Å²) in [6.07, 6.45) is -0.0509. The Bertz CT molecular complexity index is 648. The van der Waals surface area contributed by atoms with Crippen LogP contribution in [0.4, 0.5) is 4.39 Å². The number of carbonyl (C=O) groups excluding carboxylic acids is 1. The summed E-state index contributed by atoms with van der Waals surface area (Å²) in [5.74, 6) is -1.21. The van der Waals surface area contributed by atoms with E-state index in [1.165, 1.54) is 26.2 Å². The van der Waals surface area contributed by atoms with Gasteiger partial charge in [0.2, 0.25) is 5.91 Å². The number of hydrogen-bond donors (Lipinski definition) is 0. The molecule has 0 bridgehead atoms. The van der Waals surface area contributed by atoms with Gasteiger partial charge in [-0.25, -0.2) is 8.70 Å². The molecule has 19 heavy (non-hydrogen) atoms. The molecule has 0 aromatic heterocycles. The molecule has 1 fully saturated rings.